The number of hydrogen-bond acceptors (Lipinski definition) is 6. The molecule has 0 amide bonds. The zero-order valence-electron chi connectivity index (χ0n) is 10.00. The summed E-state index contributed by atoms with van der Waals surface area (Å²) in [4.78, 5) is 7.03. The number of nitrogens with one attached hydrogen (secondary N) is 1. The van der Waals surface area contributed by atoms with Gasteiger partial charge in [-0.15, -0.1) is 0 Å². The smallest absolute Gasteiger partial charge is 0.229 e. The lowest BCUT2D eigenvalue weighted by Crippen LogP contribution is -2.46. The lowest BCUT2D eigenvalue weighted by atomic mass is 10.0. The minimum atomic E-state index is -3.87. The summed E-state index contributed by atoms with van der Waals surface area (Å²) < 4.78 is 49.4. The van der Waals surface area contributed by atoms with E-state index in [9.17, 15) is 16.8 Å². The Kier molecular flexibility index (Phi) is 3.58. The van der Waals surface area contributed by atoms with Gasteiger partial charge in [-0.3, -0.25) is 0 Å². The molecule has 106 valence electrons. The Morgan fingerprint density at radius 2 is 1.95 bits per heavy atom. The molecule has 2 heterocycles. The third-order valence-electron chi connectivity index (χ3n) is 2.79. The first-order valence-electron chi connectivity index (χ1n) is 5.34. The van der Waals surface area contributed by atoms with Crippen molar-refractivity contribution >= 4 is 31.5 Å². The molecule has 0 spiro atoms. The second-order valence-electron chi connectivity index (χ2n) is 4.70. The van der Waals surface area contributed by atoms with E-state index in [1.54, 1.807) is 6.92 Å². The first kappa shape index (κ1) is 14.6. The summed E-state index contributed by atoms with van der Waals surface area (Å²) in [5.74, 6) is -0.239. The average molecular weight is 326 g/mol. The molecule has 0 radical (unpaired) electrons. The Labute approximate surface area is 116 Å². The molecule has 1 aromatic rings. The van der Waals surface area contributed by atoms with E-state index in [1.807, 2.05) is 0 Å². The highest BCUT2D eigenvalue weighted by Gasteiger charge is 2.41. The van der Waals surface area contributed by atoms with Crippen LogP contribution in [0.25, 0.3) is 0 Å². The van der Waals surface area contributed by atoms with Crippen molar-refractivity contribution in [1.82, 2.24) is 14.7 Å². The summed E-state index contributed by atoms with van der Waals surface area (Å²) in [5.41, 5.74) is -1.00. The third-order valence-corrected chi connectivity index (χ3v) is 6.48. The summed E-state index contributed by atoms with van der Waals surface area (Å²) >= 11 is 5.48. The van der Waals surface area contributed by atoms with Crippen molar-refractivity contribution in [1.29, 1.82) is 0 Å². The summed E-state index contributed by atoms with van der Waals surface area (Å²) in [5, 5.41) is -0.0615. The van der Waals surface area contributed by atoms with E-state index < -0.39 is 25.4 Å². The third kappa shape index (κ3) is 3.41. The molecule has 1 N–H and O–H groups in total. The van der Waals surface area contributed by atoms with E-state index in [0.29, 0.717) is 0 Å². The van der Waals surface area contributed by atoms with Crippen molar-refractivity contribution in [3.8, 4) is 0 Å². The molecule has 1 unspecified atom stereocenters. The minimum Gasteiger partial charge on any atom is -0.229 e. The zero-order valence-corrected chi connectivity index (χ0v) is 12.4. The fourth-order valence-electron chi connectivity index (χ4n) is 1.91. The Bertz CT molecular complexity index is 687. The summed E-state index contributed by atoms with van der Waals surface area (Å²) in [7, 11) is -7.06. The van der Waals surface area contributed by atoms with Gasteiger partial charge in [-0.25, -0.2) is 31.5 Å². The molecule has 10 heteroatoms. The fraction of sp³-hybridized carbons (Fsp3) is 0.556. The first-order chi connectivity index (χ1) is 8.62. The van der Waals surface area contributed by atoms with Gasteiger partial charge in [0.2, 0.25) is 15.3 Å². The number of sulfone groups is 1. The van der Waals surface area contributed by atoms with Crippen LogP contribution in [0.4, 0.5) is 0 Å². The lowest BCUT2D eigenvalue weighted by Gasteiger charge is -2.23. The van der Waals surface area contributed by atoms with Crippen molar-refractivity contribution < 1.29 is 16.8 Å². The van der Waals surface area contributed by atoms with E-state index in [1.165, 1.54) is 0 Å². The van der Waals surface area contributed by atoms with Gasteiger partial charge in [0.1, 0.15) is 4.90 Å². The van der Waals surface area contributed by atoms with Gasteiger partial charge < -0.3 is 0 Å². The van der Waals surface area contributed by atoms with E-state index >= 15 is 0 Å². The molecule has 0 saturated carbocycles. The number of rotatable bonds is 3. The largest absolute Gasteiger partial charge is 0.244 e. The number of hydrogen-bond donors (Lipinski definition) is 1. The average Bonchev–Trinajstić information content (AvgIpc) is 2.52. The van der Waals surface area contributed by atoms with E-state index in [0.717, 1.165) is 12.4 Å². The topological polar surface area (TPSA) is 106 Å². The summed E-state index contributed by atoms with van der Waals surface area (Å²) in [6.07, 6.45) is 2.39. The van der Waals surface area contributed by atoms with Gasteiger partial charge in [0.15, 0.2) is 9.84 Å². The van der Waals surface area contributed by atoms with Gasteiger partial charge >= 0.3 is 0 Å². The SMILES string of the molecule is CC1(NS(=O)(=O)c2cnc(Cl)nc2)CCS(=O)(=O)C1. The predicted molar refractivity (Wildman–Crippen MR) is 69.0 cm³/mol. The number of sulfonamides is 1. The predicted octanol–water partition coefficient (Wildman–Crippen LogP) is -0.0145. The number of aromatic nitrogens is 2. The highest BCUT2D eigenvalue weighted by Crippen LogP contribution is 2.25. The maximum absolute atomic E-state index is 12.1. The van der Waals surface area contributed by atoms with Gasteiger partial charge in [0.05, 0.1) is 23.9 Å². The molecule has 0 aromatic carbocycles. The van der Waals surface area contributed by atoms with Crippen LogP contribution in [0.2, 0.25) is 5.28 Å². The Morgan fingerprint density at radius 3 is 2.42 bits per heavy atom. The molecule has 1 aliphatic rings. The normalized spacial score (nSPS) is 26.4. The van der Waals surface area contributed by atoms with Crippen molar-refractivity contribution in [2.24, 2.45) is 0 Å². The van der Waals surface area contributed by atoms with Crippen LogP contribution < -0.4 is 4.72 Å². The Hall–Kier alpha value is -0.770. The molecule has 19 heavy (non-hydrogen) atoms. The van der Waals surface area contributed by atoms with Crippen molar-refractivity contribution in [3.05, 3.63) is 17.7 Å². The molecular weight excluding hydrogens is 314 g/mol. The second kappa shape index (κ2) is 4.65. The highest BCUT2D eigenvalue weighted by atomic mass is 35.5. The first-order valence-corrected chi connectivity index (χ1v) is 9.02. The molecule has 1 aliphatic heterocycles. The maximum atomic E-state index is 12.1. The molecule has 1 fully saturated rings. The van der Waals surface area contributed by atoms with Gasteiger partial charge in [-0.1, -0.05) is 0 Å². The van der Waals surface area contributed by atoms with Crippen LogP contribution >= 0.6 is 11.6 Å². The standard InChI is InChI=1S/C9H12ClN3O4S2/c1-9(2-3-18(14,15)6-9)13-19(16,17)7-4-11-8(10)12-5-7/h4-5,13H,2-3,6H2,1H3. The maximum Gasteiger partial charge on any atom is 0.244 e. The number of halogens is 1. The van der Waals surface area contributed by atoms with Crippen molar-refractivity contribution in [2.45, 2.75) is 23.8 Å². The lowest BCUT2D eigenvalue weighted by molar-refractivity contribution is 0.461. The Morgan fingerprint density at radius 1 is 1.37 bits per heavy atom. The number of nitrogens with zero attached hydrogens (tertiary/aromatic N) is 2. The molecular formula is C9H12ClN3O4S2. The molecule has 0 aliphatic carbocycles. The van der Waals surface area contributed by atoms with Crippen LogP contribution in [-0.4, -0.2) is 43.8 Å². The van der Waals surface area contributed by atoms with Crippen LogP contribution in [0.15, 0.2) is 17.3 Å². The van der Waals surface area contributed by atoms with Crippen LogP contribution in [0.5, 0.6) is 0 Å². The summed E-state index contributed by atoms with van der Waals surface area (Å²) in [6.45, 7) is 1.56. The van der Waals surface area contributed by atoms with Crippen LogP contribution in [0.1, 0.15) is 13.3 Å². The van der Waals surface area contributed by atoms with Crippen LogP contribution in [-0.2, 0) is 19.9 Å². The van der Waals surface area contributed by atoms with Gasteiger partial charge in [0, 0.05) is 5.54 Å². The van der Waals surface area contributed by atoms with Crippen LogP contribution in [0, 0.1) is 0 Å². The Balaban J connectivity index is 2.25. The molecule has 2 rings (SSSR count). The fourth-order valence-corrected chi connectivity index (χ4v) is 5.52. The summed E-state index contributed by atoms with van der Waals surface area (Å²) in [6, 6.07) is 0. The van der Waals surface area contributed by atoms with Crippen LogP contribution in [0.3, 0.4) is 0 Å². The van der Waals surface area contributed by atoms with E-state index in [4.69, 9.17) is 11.6 Å². The van der Waals surface area contributed by atoms with Gasteiger partial charge in [-0.05, 0) is 24.9 Å². The van der Waals surface area contributed by atoms with Gasteiger partial charge in [-0.2, -0.15) is 0 Å². The second-order valence-corrected chi connectivity index (χ2v) is 8.90. The minimum absolute atomic E-state index is 0.0247. The molecule has 1 aromatic heterocycles. The van der Waals surface area contributed by atoms with E-state index in [2.05, 4.69) is 14.7 Å². The molecule has 0 bridgehead atoms. The van der Waals surface area contributed by atoms with Crippen molar-refractivity contribution in [2.75, 3.05) is 11.5 Å². The van der Waals surface area contributed by atoms with E-state index in [-0.39, 0.29) is 28.1 Å². The quantitative estimate of drug-likeness (QED) is 0.783. The van der Waals surface area contributed by atoms with Crippen molar-refractivity contribution in [3.63, 3.8) is 0 Å². The molecule has 1 saturated heterocycles. The molecule has 7 nitrogen and oxygen atoms in total. The van der Waals surface area contributed by atoms with Gasteiger partial charge in [0.25, 0.3) is 0 Å². The monoisotopic (exact) mass is 325 g/mol. The highest BCUT2D eigenvalue weighted by molar-refractivity contribution is 7.92. The zero-order chi connectivity index (χ0) is 14.3. The molecule has 1 atom stereocenters.